The Morgan fingerprint density at radius 3 is 2.71 bits per heavy atom. The first-order chi connectivity index (χ1) is 11.8. The number of hydrogen-bond donors (Lipinski definition) is 1. The van der Waals surface area contributed by atoms with Gasteiger partial charge in [0.15, 0.2) is 0 Å². The molecule has 0 saturated carbocycles. The largest absolute Gasteiger partial charge is 0.467 e. The number of rotatable bonds is 5. The van der Waals surface area contributed by atoms with Crippen LogP contribution in [0.4, 0.5) is 10.7 Å². The summed E-state index contributed by atoms with van der Waals surface area (Å²) in [5, 5.41) is 3.13. The molecule has 7 nitrogen and oxygen atoms in total. The highest BCUT2D eigenvalue weighted by atomic mass is 16.3. The summed E-state index contributed by atoms with van der Waals surface area (Å²) in [5.74, 6) is 1.55. The van der Waals surface area contributed by atoms with E-state index < -0.39 is 0 Å². The number of aromatic nitrogens is 2. The topological polar surface area (TPSA) is 74.5 Å². The molecular weight excluding hydrogens is 306 g/mol. The van der Waals surface area contributed by atoms with Gasteiger partial charge in [-0.1, -0.05) is 0 Å². The first-order valence-corrected chi connectivity index (χ1v) is 8.36. The van der Waals surface area contributed by atoms with E-state index in [0.29, 0.717) is 13.1 Å². The Morgan fingerprint density at radius 2 is 2.08 bits per heavy atom. The summed E-state index contributed by atoms with van der Waals surface area (Å²) in [7, 11) is 0. The molecule has 0 radical (unpaired) electrons. The molecule has 1 aliphatic rings. The van der Waals surface area contributed by atoms with E-state index >= 15 is 0 Å². The SMILES string of the molecule is CCN(Cc1ccco1)C(=O)NC1CCN(c2ncccn2)CC1. The summed E-state index contributed by atoms with van der Waals surface area (Å²) >= 11 is 0. The van der Waals surface area contributed by atoms with Gasteiger partial charge in [0.25, 0.3) is 0 Å². The van der Waals surface area contributed by atoms with Crippen LogP contribution < -0.4 is 10.2 Å². The van der Waals surface area contributed by atoms with Gasteiger partial charge in [-0.2, -0.15) is 0 Å². The van der Waals surface area contributed by atoms with Gasteiger partial charge in [-0.3, -0.25) is 0 Å². The third-order valence-corrected chi connectivity index (χ3v) is 4.25. The Labute approximate surface area is 141 Å². The lowest BCUT2D eigenvalue weighted by molar-refractivity contribution is 0.187. The molecule has 1 fully saturated rings. The maximum atomic E-state index is 12.5. The number of nitrogens with one attached hydrogen (secondary N) is 1. The standard InChI is InChI=1S/C17H23N5O2/c1-2-21(13-15-5-3-12-24-15)17(23)20-14-6-10-22(11-7-14)16-18-8-4-9-19-16/h3-5,8-9,12,14H,2,6-7,10-11,13H2,1H3,(H,20,23). The molecule has 1 saturated heterocycles. The highest BCUT2D eigenvalue weighted by Gasteiger charge is 2.24. The Morgan fingerprint density at radius 1 is 1.33 bits per heavy atom. The van der Waals surface area contributed by atoms with Crippen molar-refractivity contribution in [3.05, 3.63) is 42.6 Å². The zero-order valence-corrected chi connectivity index (χ0v) is 13.9. The molecule has 0 bridgehead atoms. The van der Waals surface area contributed by atoms with E-state index in [1.807, 2.05) is 25.1 Å². The van der Waals surface area contributed by atoms with E-state index in [9.17, 15) is 4.79 Å². The second kappa shape index (κ2) is 7.81. The molecular formula is C17H23N5O2. The van der Waals surface area contributed by atoms with Crippen LogP contribution in [0.2, 0.25) is 0 Å². The monoisotopic (exact) mass is 329 g/mol. The van der Waals surface area contributed by atoms with Crippen molar-refractivity contribution >= 4 is 12.0 Å². The molecule has 2 aromatic rings. The van der Waals surface area contributed by atoms with Crippen molar-refractivity contribution < 1.29 is 9.21 Å². The number of piperidine rings is 1. The fraction of sp³-hybridized carbons (Fsp3) is 0.471. The molecule has 3 heterocycles. The molecule has 1 N–H and O–H groups in total. The third kappa shape index (κ3) is 4.04. The van der Waals surface area contributed by atoms with E-state index in [1.165, 1.54) is 0 Å². The van der Waals surface area contributed by atoms with Crippen molar-refractivity contribution in [3.63, 3.8) is 0 Å². The first kappa shape index (κ1) is 16.3. The van der Waals surface area contributed by atoms with Crippen molar-refractivity contribution in [2.24, 2.45) is 0 Å². The Balaban J connectivity index is 1.49. The van der Waals surface area contributed by atoms with E-state index in [-0.39, 0.29) is 12.1 Å². The number of furan rings is 1. The van der Waals surface area contributed by atoms with Crippen molar-refractivity contribution in [1.82, 2.24) is 20.2 Å². The van der Waals surface area contributed by atoms with Crippen LogP contribution in [0.3, 0.4) is 0 Å². The van der Waals surface area contributed by atoms with Crippen LogP contribution in [0.15, 0.2) is 41.3 Å². The fourth-order valence-electron chi connectivity index (χ4n) is 2.86. The van der Waals surface area contributed by atoms with Gasteiger partial charge in [0.2, 0.25) is 5.95 Å². The van der Waals surface area contributed by atoms with Gasteiger partial charge < -0.3 is 19.5 Å². The van der Waals surface area contributed by atoms with Crippen LogP contribution in [0.25, 0.3) is 0 Å². The quantitative estimate of drug-likeness (QED) is 0.911. The van der Waals surface area contributed by atoms with Crippen LogP contribution in [0.1, 0.15) is 25.5 Å². The normalized spacial score (nSPS) is 15.3. The van der Waals surface area contributed by atoms with Crippen molar-refractivity contribution in [2.75, 3.05) is 24.5 Å². The van der Waals surface area contributed by atoms with Gasteiger partial charge >= 0.3 is 6.03 Å². The smallest absolute Gasteiger partial charge is 0.318 e. The Hall–Kier alpha value is -2.57. The van der Waals surface area contributed by atoms with E-state index in [1.54, 1.807) is 23.6 Å². The number of urea groups is 1. The predicted octanol–water partition coefficient (Wildman–Crippen LogP) is 2.27. The summed E-state index contributed by atoms with van der Waals surface area (Å²) in [6, 6.07) is 5.68. The minimum Gasteiger partial charge on any atom is -0.467 e. The van der Waals surface area contributed by atoms with Crippen LogP contribution in [-0.2, 0) is 6.54 Å². The van der Waals surface area contributed by atoms with Gasteiger partial charge in [-0.15, -0.1) is 0 Å². The highest BCUT2D eigenvalue weighted by Crippen LogP contribution is 2.16. The molecule has 2 amide bonds. The molecule has 3 rings (SSSR count). The van der Waals surface area contributed by atoms with Crippen LogP contribution in [-0.4, -0.2) is 46.6 Å². The van der Waals surface area contributed by atoms with Crippen molar-refractivity contribution in [3.8, 4) is 0 Å². The molecule has 0 spiro atoms. The third-order valence-electron chi connectivity index (χ3n) is 4.25. The second-order valence-electron chi connectivity index (χ2n) is 5.85. The maximum Gasteiger partial charge on any atom is 0.318 e. The van der Waals surface area contributed by atoms with E-state index in [4.69, 9.17) is 4.42 Å². The van der Waals surface area contributed by atoms with E-state index in [0.717, 1.165) is 37.6 Å². The van der Waals surface area contributed by atoms with Crippen LogP contribution >= 0.6 is 0 Å². The second-order valence-corrected chi connectivity index (χ2v) is 5.85. The molecule has 128 valence electrons. The number of hydrogen-bond acceptors (Lipinski definition) is 5. The highest BCUT2D eigenvalue weighted by molar-refractivity contribution is 5.74. The van der Waals surface area contributed by atoms with Gasteiger partial charge in [-0.05, 0) is 38.0 Å². The number of nitrogens with zero attached hydrogens (tertiary/aromatic N) is 4. The molecule has 7 heteroatoms. The molecule has 2 aromatic heterocycles. The van der Waals surface area contributed by atoms with Crippen LogP contribution in [0.5, 0.6) is 0 Å². The lowest BCUT2D eigenvalue weighted by atomic mass is 10.1. The maximum absolute atomic E-state index is 12.5. The summed E-state index contributed by atoms with van der Waals surface area (Å²) in [4.78, 5) is 24.9. The lowest BCUT2D eigenvalue weighted by Gasteiger charge is -2.33. The molecule has 1 aliphatic heterocycles. The molecule has 0 unspecified atom stereocenters. The molecule has 0 atom stereocenters. The minimum atomic E-state index is -0.0386. The zero-order chi connectivity index (χ0) is 16.8. The number of amides is 2. The van der Waals surface area contributed by atoms with Gasteiger partial charge in [0.05, 0.1) is 12.8 Å². The summed E-state index contributed by atoms with van der Waals surface area (Å²) in [5.41, 5.74) is 0. The van der Waals surface area contributed by atoms with Crippen LogP contribution in [0, 0.1) is 0 Å². The van der Waals surface area contributed by atoms with Gasteiger partial charge in [-0.25, -0.2) is 14.8 Å². The predicted molar refractivity (Wildman–Crippen MR) is 90.6 cm³/mol. The lowest BCUT2D eigenvalue weighted by Crippen LogP contribution is -2.49. The van der Waals surface area contributed by atoms with Crippen molar-refractivity contribution in [1.29, 1.82) is 0 Å². The number of carbonyl (C=O) groups excluding carboxylic acids is 1. The minimum absolute atomic E-state index is 0.0386. The first-order valence-electron chi connectivity index (χ1n) is 8.36. The van der Waals surface area contributed by atoms with Crippen molar-refractivity contribution in [2.45, 2.75) is 32.4 Å². The summed E-state index contributed by atoms with van der Waals surface area (Å²) < 4.78 is 5.33. The number of carbonyl (C=O) groups is 1. The zero-order valence-electron chi connectivity index (χ0n) is 13.9. The van der Waals surface area contributed by atoms with Gasteiger partial charge in [0.1, 0.15) is 5.76 Å². The molecule has 24 heavy (non-hydrogen) atoms. The Bertz CT molecular complexity index is 624. The van der Waals surface area contributed by atoms with E-state index in [2.05, 4.69) is 20.2 Å². The number of anilines is 1. The fourth-order valence-corrected chi connectivity index (χ4v) is 2.86. The molecule has 0 aliphatic carbocycles. The summed E-state index contributed by atoms with van der Waals surface area (Å²) in [6.45, 7) is 4.80. The van der Waals surface area contributed by atoms with Gasteiger partial charge in [0, 0.05) is 38.1 Å². The Kier molecular flexibility index (Phi) is 5.30. The summed E-state index contributed by atoms with van der Waals surface area (Å²) in [6.07, 6.45) is 6.92. The average Bonchev–Trinajstić information content (AvgIpc) is 3.14. The molecule has 0 aromatic carbocycles. The average molecular weight is 329 g/mol.